The van der Waals surface area contributed by atoms with Crippen LogP contribution in [0.15, 0.2) is 48.5 Å². The van der Waals surface area contributed by atoms with E-state index in [1.165, 1.54) is 13.8 Å². The lowest BCUT2D eigenvalue weighted by molar-refractivity contribution is -0.172. The summed E-state index contributed by atoms with van der Waals surface area (Å²) >= 11 is 12.4. The van der Waals surface area contributed by atoms with Crippen LogP contribution in [-0.4, -0.2) is 33.4 Å². The van der Waals surface area contributed by atoms with Crippen LogP contribution in [0.5, 0.6) is 0 Å². The molecule has 0 radical (unpaired) electrons. The maximum Gasteiger partial charge on any atom is 0.258 e. The number of hydrogen-bond acceptors (Lipinski definition) is 4. The fourth-order valence-corrected chi connectivity index (χ4v) is 3.83. The summed E-state index contributed by atoms with van der Waals surface area (Å²) in [6, 6.07) is 10.1. The maximum absolute atomic E-state index is 13.3. The predicted octanol–water partition coefficient (Wildman–Crippen LogP) is 3.54. The van der Waals surface area contributed by atoms with Crippen molar-refractivity contribution in [1.82, 2.24) is 9.80 Å². The van der Waals surface area contributed by atoms with Crippen molar-refractivity contribution in [2.24, 2.45) is 0 Å². The van der Waals surface area contributed by atoms with Crippen molar-refractivity contribution in [3.63, 3.8) is 0 Å². The van der Waals surface area contributed by atoms with E-state index in [4.69, 9.17) is 23.2 Å². The molecule has 144 valence electrons. The molecule has 1 saturated heterocycles. The smallest absolute Gasteiger partial charge is 0.258 e. The summed E-state index contributed by atoms with van der Waals surface area (Å²) in [6.45, 7) is 2.37. The minimum absolute atomic E-state index is 0.208. The van der Waals surface area contributed by atoms with Gasteiger partial charge in [-0.15, -0.1) is 0 Å². The summed E-state index contributed by atoms with van der Waals surface area (Å²) in [6.07, 6.45) is 0. The Bertz CT molecular complexity index is 912. The first-order valence-corrected chi connectivity index (χ1v) is 9.17. The Kier molecular flexibility index (Phi) is 5.54. The van der Waals surface area contributed by atoms with Crippen LogP contribution >= 0.6 is 23.2 Å². The molecule has 0 aromatic heterocycles. The standard InChI is InChI=1S/C20H16Cl2N2O4/c1-11(25)23-17(13-7-3-5-9-15(13)21)20(28)24(12(2)26)18(19(23)27)14-8-4-6-10-16(14)22/h3-10,17-18H,1-2H3. The Hall–Kier alpha value is -2.70. The van der Waals surface area contributed by atoms with Crippen molar-refractivity contribution in [3.05, 3.63) is 69.7 Å². The third-order valence-electron chi connectivity index (χ3n) is 4.54. The minimum atomic E-state index is -1.33. The number of nitrogens with zero attached hydrogens (tertiary/aromatic N) is 2. The second kappa shape index (κ2) is 7.73. The number of halogens is 2. The zero-order valence-electron chi connectivity index (χ0n) is 15.1. The van der Waals surface area contributed by atoms with E-state index < -0.39 is 35.7 Å². The topological polar surface area (TPSA) is 74.8 Å². The summed E-state index contributed by atoms with van der Waals surface area (Å²) in [5.41, 5.74) is 0.531. The SMILES string of the molecule is CC(=O)N1C(=O)C(c2ccccc2Cl)N(C(C)=O)C(=O)C1c1ccccc1Cl. The third kappa shape index (κ3) is 3.30. The second-order valence-corrected chi connectivity index (χ2v) is 7.12. The predicted molar refractivity (Wildman–Crippen MR) is 103 cm³/mol. The molecule has 0 N–H and O–H groups in total. The Morgan fingerprint density at radius 1 is 0.714 bits per heavy atom. The van der Waals surface area contributed by atoms with Gasteiger partial charge >= 0.3 is 0 Å². The summed E-state index contributed by atoms with van der Waals surface area (Å²) in [7, 11) is 0. The molecule has 1 heterocycles. The van der Waals surface area contributed by atoms with Crippen LogP contribution in [0.25, 0.3) is 0 Å². The Labute approximate surface area is 171 Å². The fraction of sp³-hybridized carbons (Fsp3) is 0.200. The van der Waals surface area contributed by atoms with Gasteiger partial charge in [-0.25, -0.2) is 0 Å². The fourth-order valence-electron chi connectivity index (χ4n) is 3.35. The van der Waals surface area contributed by atoms with Crippen molar-refractivity contribution >= 4 is 46.8 Å². The second-order valence-electron chi connectivity index (χ2n) is 6.30. The number of carbonyl (C=O) groups excluding carboxylic acids is 4. The summed E-state index contributed by atoms with van der Waals surface area (Å²) in [4.78, 5) is 53.1. The Morgan fingerprint density at radius 2 is 1.04 bits per heavy atom. The maximum atomic E-state index is 13.3. The average Bonchev–Trinajstić information content (AvgIpc) is 2.63. The number of hydrogen-bond donors (Lipinski definition) is 0. The zero-order valence-corrected chi connectivity index (χ0v) is 16.6. The summed E-state index contributed by atoms with van der Waals surface area (Å²) < 4.78 is 0. The normalized spacial score (nSPS) is 19.7. The monoisotopic (exact) mass is 418 g/mol. The van der Waals surface area contributed by atoms with Gasteiger partial charge in [-0.1, -0.05) is 59.6 Å². The molecule has 1 aliphatic rings. The first kappa shape index (κ1) is 20.0. The van der Waals surface area contributed by atoms with Crippen molar-refractivity contribution in [2.45, 2.75) is 25.9 Å². The van der Waals surface area contributed by atoms with Crippen LogP contribution in [0.4, 0.5) is 0 Å². The molecule has 28 heavy (non-hydrogen) atoms. The highest BCUT2D eigenvalue weighted by Gasteiger charge is 2.51. The van der Waals surface area contributed by atoms with Gasteiger partial charge in [-0.2, -0.15) is 0 Å². The summed E-state index contributed by atoms with van der Waals surface area (Å²) in [5, 5.41) is 0.416. The molecule has 8 heteroatoms. The van der Waals surface area contributed by atoms with Crippen LogP contribution in [0, 0.1) is 0 Å². The van der Waals surface area contributed by atoms with E-state index in [2.05, 4.69) is 0 Å². The minimum Gasteiger partial charge on any atom is -0.275 e. The molecule has 2 aromatic carbocycles. The molecule has 0 spiro atoms. The van der Waals surface area contributed by atoms with Crippen LogP contribution in [-0.2, 0) is 19.2 Å². The number of imide groups is 2. The van der Waals surface area contributed by atoms with Crippen molar-refractivity contribution in [3.8, 4) is 0 Å². The third-order valence-corrected chi connectivity index (χ3v) is 5.23. The number of piperazine rings is 1. The van der Waals surface area contributed by atoms with Gasteiger partial charge in [0.1, 0.15) is 12.1 Å². The van der Waals surface area contributed by atoms with E-state index in [9.17, 15) is 19.2 Å². The molecule has 4 amide bonds. The first-order chi connectivity index (χ1) is 13.3. The lowest BCUT2D eigenvalue weighted by atomic mass is 9.93. The van der Waals surface area contributed by atoms with Crippen LogP contribution < -0.4 is 0 Å². The highest BCUT2D eigenvalue weighted by atomic mass is 35.5. The lowest BCUT2D eigenvalue weighted by Crippen LogP contribution is -2.59. The van der Waals surface area contributed by atoms with E-state index in [1.54, 1.807) is 48.5 Å². The van der Waals surface area contributed by atoms with Gasteiger partial charge in [0.05, 0.1) is 0 Å². The Balaban J connectivity index is 2.23. The number of carbonyl (C=O) groups is 4. The molecule has 1 fully saturated rings. The van der Waals surface area contributed by atoms with Gasteiger partial charge in [0.15, 0.2) is 0 Å². The van der Waals surface area contributed by atoms with Crippen molar-refractivity contribution in [2.75, 3.05) is 0 Å². The van der Waals surface area contributed by atoms with Gasteiger partial charge in [-0.3, -0.25) is 29.0 Å². The van der Waals surface area contributed by atoms with Crippen molar-refractivity contribution in [1.29, 1.82) is 0 Å². The molecule has 2 atom stereocenters. The van der Waals surface area contributed by atoms with Crippen LogP contribution in [0.3, 0.4) is 0 Å². The molecule has 1 aliphatic heterocycles. The zero-order chi connectivity index (χ0) is 20.6. The average molecular weight is 419 g/mol. The van der Waals surface area contributed by atoms with E-state index in [-0.39, 0.29) is 21.2 Å². The van der Waals surface area contributed by atoms with Crippen molar-refractivity contribution < 1.29 is 19.2 Å². The number of benzene rings is 2. The van der Waals surface area contributed by atoms with Gasteiger partial charge in [0, 0.05) is 35.0 Å². The number of rotatable bonds is 2. The van der Waals surface area contributed by atoms with Gasteiger partial charge < -0.3 is 0 Å². The van der Waals surface area contributed by atoms with Crippen LogP contribution in [0.1, 0.15) is 37.1 Å². The highest BCUT2D eigenvalue weighted by Crippen LogP contribution is 2.40. The van der Waals surface area contributed by atoms with E-state index >= 15 is 0 Å². The van der Waals surface area contributed by atoms with Gasteiger partial charge in [0.25, 0.3) is 11.8 Å². The highest BCUT2D eigenvalue weighted by molar-refractivity contribution is 6.32. The van der Waals surface area contributed by atoms with Gasteiger partial charge in [-0.05, 0) is 12.1 Å². The van der Waals surface area contributed by atoms with E-state index in [0.717, 1.165) is 9.80 Å². The van der Waals surface area contributed by atoms with E-state index in [0.29, 0.717) is 0 Å². The molecular weight excluding hydrogens is 403 g/mol. The molecule has 0 aliphatic carbocycles. The Morgan fingerprint density at radius 3 is 1.32 bits per heavy atom. The summed E-state index contributed by atoms with van der Waals surface area (Å²) in [5.74, 6) is -2.72. The number of amides is 4. The molecule has 6 nitrogen and oxygen atoms in total. The molecule has 0 saturated carbocycles. The van der Waals surface area contributed by atoms with E-state index in [1.807, 2.05) is 0 Å². The molecular formula is C20H16Cl2N2O4. The first-order valence-electron chi connectivity index (χ1n) is 8.41. The van der Waals surface area contributed by atoms with Crippen LogP contribution in [0.2, 0.25) is 10.0 Å². The molecule has 0 bridgehead atoms. The van der Waals surface area contributed by atoms with Gasteiger partial charge in [0.2, 0.25) is 11.8 Å². The largest absolute Gasteiger partial charge is 0.275 e. The lowest BCUT2D eigenvalue weighted by Gasteiger charge is -2.42. The quantitative estimate of drug-likeness (QED) is 0.747. The molecule has 3 rings (SSSR count). The molecule has 2 aromatic rings. The molecule has 2 unspecified atom stereocenters.